The summed E-state index contributed by atoms with van der Waals surface area (Å²) in [7, 11) is 1.77. The second-order valence-electron chi connectivity index (χ2n) is 8.60. The van der Waals surface area contributed by atoms with Crippen molar-refractivity contribution in [1.29, 1.82) is 0 Å². The number of hydrogen-bond acceptors (Lipinski definition) is 6. The first-order valence-corrected chi connectivity index (χ1v) is 11.8. The third-order valence-electron chi connectivity index (χ3n) is 6.19. The molecule has 31 heavy (non-hydrogen) atoms. The first-order chi connectivity index (χ1) is 15.2. The number of hydrogen-bond donors (Lipinski definition) is 1. The van der Waals surface area contributed by atoms with Crippen molar-refractivity contribution < 1.29 is 13.9 Å². The standard InChI is InChI=1S/C23H41N5O3/c1-20-18-27(19-21(2)28(20)13-15-29-3)23(25-9-7-22-6-4-14-31-22)24-8-5-10-26-11-16-30-17-12-26/h4,6,14,20-21H,5,7-13,15-19H2,1-3H3,(H,24,25). The van der Waals surface area contributed by atoms with Gasteiger partial charge in [0, 0.05) is 78.0 Å². The first kappa shape index (κ1) is 24.0. The smallest absolute Gasteiger partial charge is 0.194 e. The summed E-state index contributed by atoms with van der Waals surface area (Å²) < 4.78 is 16.2. The van der Waals surface area contributed by atoms with Crippen molar-refractivity contribution in [3.63, 3.8) is 0 Å². The van der Waals surface area contributed by atoms with Gasteiger partial charge in [-0.15, -0.1) is 0 Å². The number of nitrogens with zero attached hydrogens (tertiary/aromatic N) is 4. The molecule has 1 N–H and O–H groups in total. The van der Waals surface area contributed by atoms with Crippen molar-refractivity contribution in [2.24, 2.45) is 4.99 Å². The zero-order valence-electron chi connectivity index (χ0n) is 19.6. The van der Waals surface area contributed by atoms with Crippen LogP contribution in [0.25, 0.3) is 0 Å². The molecular formula is C23H41N5O3. The Balaban J connectivity index is 1.54. The lowest BCUT2D eigenvalue weighted by Crippen LogP contribution is -2.60. The fourth-order valence-corrected chi connectivity index (χ4v) is 4.49. The largest absolute Gasteiger partial charge is 0.469 e. The van der Waals surface area contributed by atoms with Gasteiger partial charge in [0.05, 0.1) is 26.1 Å². The average Bonchev–Trinajstić information content (AvgIpc) is 3.29. The van der Waals surface area contributed by atoms with Gasteiger partial charge in [-0.2, -0.15) is 0 Å². The van der Waals surface area contributed by atoms with Crippen molar-refractivity contribution in [2.45, 2.75) is 38.8 Å². The van der Waals surface area contributed by atoms with Crippen LogP contribution in [0.2, 0.25) is 0 Å². The predicted octanol–water partition coefficient (Wildman–Crippen LogP) is 1.53. The number of guanidine groups is 1. The molecule has 3 heterocycles. The molecule has 8 nitrogen and oxygen atoms in total. The Labute approximate surface area is 187 Å². The first-order valence-electron chi connectivity index (χ1n) is 11.8. The van der Waals surface area contributed by atoms with Crippen molar-refractivity contribution >= 4 is 5.96 Å². The van der Waals surface area contributed by atoms with Gasteiger partial charge < -0.3 is 24.1 Å². The van der Waals surface area contributed by atoms with Crippen LogP contribution in [-0.4, -0.2) is 112 Å². The Bertz CT molecular complexity index is 621. The summed E-state index contributed by atoms with van der Waals surface area (Å²) in [4.78, 5) is 12.4. The van der Waals surface area contributed by atoms with E-state index in [9.17, 15) is 0 Å². The molecule has 0 radical (unpaired) electrons. The van der Waals surface area contributed by atoms with E-state index < -0.39 is 0 Å². The topological polar surface area (TPSA) is 65.7 Å². The van der Waals surface area contributed by atoms with Gasteiger partial charge in [-0.1, -0.05) is 0 Å². The SMILES string of the molecule is COCCN1C(C)CN(C(=NCCCN2CCOCC2)NCCc2ccco2)CC1C. The normalized spacial score (nSPS) is 24.0. The monoisotopic (exact) mass is 435 g/mol. The average molecular weight is 436 g/mol. The molecule has 1 aromatic rings. The molecule has 2 fully saturated rings. The Morgan fingerprint density at radius 3 is 2.65 bits per heavy atom. The molecule has 0 spiro atoms. The van der Waals surface area contributed by atoms with Crippen LogP contribution in [0.4, 0.5) is 0 Å². The van der Waals surface area contributed by atoms with Gasteiger partial charge in [0.25, 0.3) is 0 Å². The lowest BCUT2D eigenvalue weighted by atomic mass is 10.1. The predicted molar refractivity (Wildman–Crippen MR) is 124 cm³/mol. The molecule has 3 rings (SSSR count). The van der Waals surface area contributed by atoms with E-state index in [4.69, 9.17) is 18.9 Å². The van der Waals surface area contributed by atoms with Crippen molar-refractivity contribution in [1.82, 2.24) is 20.0 Å². The van der Waals surface area contributed by atoms with E-state index in [1.807, 2.05) is 12.1 Å². The van der Waals surface area contributed by atoms with Crippen LogP contribution in [0.3, 0.4) is 0 Å². The Morgan fingerprint density at radius 1 is 1.19 bits per heavy atom. The summed E-state index contributed by atoms with van der Waals surface area (Å²) in [5, 5.41) is 3.60. The quantitative estimate of drug-likeness (QED) is 0.340. The van der Waals surface area contributed by atoms with E-state index in [2.05, 4.69) is 33.9 Å². The highest BCUT2D eigenvalue weighted by atomic mass is 16.5. The number of methoxy groups -OCH3 is 1. The van der Waals surface area contributed by atoms with E-state index >= 15 is 0 Å². The molecule has 176 valence electrons. The van der Waals surface area contributed by atoms with E-state index in [-0.39, 0.29) is 0 Å². The molecule has 2 unspecified atom stereocenters. The third kappa shape index (κ3) is 7.79. The molecule has 2 atom stereocenters. The summed E-state index contributed by atoms with van der Waals surface area (Å²) in [6.45, 7) is 14.8. The van der Waals surface area contributed by atoms with E-state index in [0.717, 1.165) is 96.7 Å². The van der Waals surface area contributed by atoms with Crippen LogP contribution in [-0.2, 0) is 15.9 Å². The second-order valence-corrected chi connectivity index (χ2v) is 8.60. The number of aliphatic imine (C=N–C) groups is 1. The Hall–Kier alpha value is -1.61. The van der Waals surface area contributed by atoms with Gasteiger partial charge in [0.15, 0.2) is 5.96 Å². The molecule has 2 aliphatic rings. The maximum absolute atomic E-state index is 5.48. The summed E-state index contributed by atoms with van der Waals surface area (Å²) in [5.41, 5.74) is 0. The molecule has 0 saturated carbocycles. The highest BCUT2D eigenvalue weighted by Crippen LogP contribution is 2.16. The van der Waals surface area contributed by atoms with Crippen molar-refractivity contribution in [3.05, 3.63) is 24.2 Å². The van der Waals surface area contributed by atoms with Gasteiger partial charge in [0.2, 0.25) is 0 Å². The molecule has 0 aliphatic carbocycles. The molecule has 0 aromatic carbocycles. The summed E-state index contributed by atoms with van der Waals surface area (Å²) >= 11 is 0. The number of nitrogens with one attached hydrogen (secondary N) is 1. The van der Waals surface area contributed by atoms with Gasteiger partial charge >= 0.3 is 0 Å². The van der Waals surface area contributed by atoms with Crippen molar-refractivity contribution in [3.8, 4) is 0 Å². The Kier molecular flexibility index (Phi) is 10.1. The number of furan rings is 1. The maximum atomic E-state index is 5.48. The second kappa shape index (κ2) is 13.1. The molecule has 0 bridgehead atoms. The van der Waals surface area contributed by atoms with E-state index in [1.165, 1.54) is 0 Å². The van der Waals surface area contributed by atoms with Crippen LogP contribution in [0.15, 0.2) is 27.8 Å². The number of piperazine rings is 1. The summed E-state index contributed by atoms with van der Waals surface area (Å²) in [6, 6.07) is 4.90. The van der Waals surface area contributed by atoms with Gasteiger partial charge in [-0.3, -0.25) is 14.8 Å². The zero-order valence-corrected chi connectivity index (χ0v) is 19.6. The molecule has 2 saturated heterocycles. The number of rotatable bonds is 10. The van der Waals surface area contributed by atoms with E-state index in [0.29, 0.717) is 12.1 Å². The van der Waals surface area contributed by atoms with Crippen LogP contribution in [0.5, 0.6) is 0 Å². The fraction of sp³-hybridized carbons (Fsp3) is 0.783. The summed E-state index contributed by atoms with van der Waals surface area (Å²) in [6.07, 6.45) is 3.67. The van der Waals surface area contributed by atoms with E-state index in [1.54, 1.807) is 13.4 Å². The third-order valence-corrected chi connectivity index (χ3v) is 6.19. The summed E-state index contributed by atoms with van der Waals surface area (Å²) in [5.74, 6) is 2.03. The van der Waals surface area contributed by atoms with Crippen LogP contribution in [0.1, 0.15) is 26.0 Å². The van der Waals surface area contributed by atoms with Crippen LogP contribution < -0.4 is 5.32 Å². The molecule has 0 amide bonds. The van der Waals surface area contributed by atoms with Gasteiger partial charge in [-0.05, 0) is 32.4 Å². The Morgan fingerprint density at radius 2 is 1.97 bits per heavy atom. The minimum Gasteiger partial charge on any atom is -0.469 e. The minimum atomic E-state index is 0.462. The molecule has 8 heteroatoms. The highest BCUT2D eigenvalue weighted by molar-refractivity contribution is 5.80. The molecule has 2 aliphatic heterocycles. The van der Waals surface area contributed by atoms with Crippen LogP contribution >= 0.6 is 0 Å². The fourth-order valence-electron chi connectivity index (χ4n) is 4.49. The minimum absolute atomic E-state index is 0.462. The van der Waals surface area contributed by atoms with Crippen molar-refractivity contribution in [2.75, 3.05) is 79.3 Å². The maximum Gasteiger partial charge on any atom is 0.194 e. The lowest BCUT2D eigenvalue weighted by Gasteiger charge is -2.45. The number of morpholine rings is 1. The molecule has 1 aromatic heterocycles. The number of ether oxygens (including phenoxy) is 2. The zero-order chi connectivity index (χ0) is 21.9. The highest BCUT2D eigenvalue weighted by Gasteiger charge is 2.30. The van der Waals surface area contributed by atoms with Crippen LogP contribution in [0, 0.1) is 0 Å². The molecular weight excluding hydrogens is 394 g/mol. The lowest BCUT2D eigenvalue weighted by molar-refractivity contribution is 0.0376. The van der Waals surface area contributed by atoms with Gasteiger partial charge in [0.1, 0.15) is 5.76 Å². The van der Waals surface area contributed by atoms with Gasteiger partial charge in [-0.25, -0.2) is 0 Å².